The number of para-hydroxylation sites is 1. The summed E-state index contributed by atoms with van der Waals surface area (Å²) < 4.78 is 0. The highest BCUT2D eigenvalue weighted by Crippen LogP contribution is 2.23. The Kier molecular flexibility index (Phi) is 5.55. The quantitative estimate of drug-likeness (QED) is 0.868. The van der Waals surface area contributed by atoms with Crippen molar-refractivity contribution < 1.29 is 9.59 Å². The number of carbonyl (C=O) groups is 2. The maximum Gasteiger partial charge on any atom is 0.313 e. The topological polar surface area (TPSA) is 52.7 Å². The van der Waals surface area contributed by atoms with Gasteiger partial charge in [-0.25, -0.2) is 0 Å². The highest BCUT2D eigenvalue weighted by Gasteiger charge is 2.26. The van der Waals surface area contributed by atoms with Gasteiger partial charge in [-0.3, -0.25) is 9.59 Å². The molecule has 1 aromatic carbocycles. The molecule has 0 bridgehead atoms. The van der Waals surface area contributed by atoms with Gasteiger partial charge in [0, 0.05) is 31.9 Å². The highest BCUT2D eigenvalue weighted by molar-refractivity contribution is 6.39. The molecule has 0 spiro atoms. The van der Waals surface area contributed by atoms with Crippen LogP contribution >= 0.6 is 0 Å². The van der Waals surface area contributed by atoms with Crippen molar-refractivity contribution in [2.75, 3.05) is 38.0 Å². The van der Waals surface area contributed by atoms with E-state index in [0.717, 1.165) is 30.9 Å². The lowest BCUT2D eigenvalue weighted by molar-refractivity contribution is -0.144. The van der Waals surface area contributed by atoms with Crippen LogP contribution in [0.15, 0.2) is 24.3 Å². The van der Waals surface area contributed by atoms with Crippen LogP contribution in [0.4, 0.5) is 5.69 Å². The van der Waals surface area contributed by atoms with Crippen LogP contribution in [0.1, 0.15) is 32.3 Å². The highest BCUT2D eigenvalue weighted by atomic mass is 16.2. The van der Waals surface area contributed by atoms with E-state index in [1.54, 1.807) is 4.90 Å². The maximum absolute atomic E-state index is 12.3. The van der Waals surface area contributed by atoms with Gasteiger partial charge in [0.25, 0.3) is 0 Å². The van der Waals surface area contributed by atoms with Crippen LogP contribution in [0.3, 0.4) is 0 Å². The van der Waals surface area contributed by atoms with Gasteiger partial charge >= 0.3 is 11.8 Å². The molecule has 0 atom stereocenters. The molecule has 0 saturated carbocycles. The number of hydrogen-bond acceptors (Lipinski definition) is 3. The van der Waals surface area contributed by atoms with Crippen molar-refractivity contribution in [3.8, 4) is 0 Å². The summed E-state index contributed by atoms with van der Waals surface area (Å²) in [6, 6.07) is 7.63. The first-order valence-electron chi connectivity index (χ1n) is 7.94. The maximum atomic E-state index is 12.3. The number of amides is 2. The van der Waals surface area contributed by atoms with E-state index in [1.165, 1.54) is 0 Å². The molecule has 0 radical (unpaired) electrons. The van der Waals surface area contributed by atoms with Crippen LogP contribution in [0.25, 0.3) is 0 Å². The molecule has 5 nitrogen and oxygen atoms in total. The summed E-state index contributed by atoms with van der Waals surface area (Å²) >= 11 is 0. The molecule has 120 valence electrons. The lowest BCUT2D eigenvalue weighted by Crippen LogP contribution is -2.51. The zero-order valence-electron chi connectivity index (χ0n) is 13.6. The van der Waals surface area contributed by atoms with Crippen molar-refractivity contribution in [3.05, 3.63) is 29.8 Å². The summed E-state index contributed by atoms with van der Waals surface area (Å²) in [5, 5.41) is 2.77. The molecule has 2 rings (SSSR count). The molecule has 5 heteroatoms. The second kappa shape index (κ2) is 7.40. The summed E-state index contributed by atoms with van der Waals surface area (Å²) in [5.41, 5.74) is 1.77. The first-order valence-corrected chi connectivity index (χ1v) is 7.94. The molecule has 1 heterocycles. The van der Waals surface area contributed by atoms with Gasteiger partial charge in [-0.1, -0.05) is 39.0 Å². The van der Waals surface area contributed by atoms with E-state index in [-0.39, 0.29) is 0 Å². The molecule has 0 aliphatic carbocycles. The van der Waals surface area contributed by atoms with E-state index < -0.39 is 11.8 Å². The Bertz CT molecular complexity index is 534. The van der Waals surface area contributed by atoms with Crippen molar-refractivity contribution in [2.45, 2.75) is 26.7 Å². The van der Waals surface area contributed by atoms with Gasteiger partial charge in [-0.15, -0.1) is 0 Å². The van der Waals surface area contributed by atoms with Crippen LogP contribution in [0.5, 0.6) is 0 Å². The fourth-order valence-electron chi connectivity index (χ4n) is 2.70. The van der Waals surface area contributed by atoms with Crippen LogP contribution in [-0.2, 0) is 9.59 Å². The number of likely N-dealkylation sites (N-methyl/N-ethyl adjacent to an activating group) is 1. The average molecular weight is 303 g/mol. The number of anilines is 1. The van der Waals surface area contributed by atoms with Gasteiger partial charge in [0.2, 0.25) is 0 Å². The van der Waals surface area contributed by atoms with Crippen LogP contribution in [-0.4, -0.2) is 54.3 Å². The van der Waals surface area contributed by atoms with Crippen LogP contribution in [0, 0.1) is 0 Å². The Balaban J connectivity index is 1.99. The molecule has 22 heavy (non-hydrogen) atoms. The molecular formula is C17H25N3O2. The molecule has 1 saturated heterocycles. The zero-order chi connectivity index (χ0) is 16.1. The third-order valence-electron chi connectivity index (χ3n) is 4.13. The molecule has 0 unspecified atom stereocenters. The molecule has 0 aromatic heterocycles. The van der Waals surface area contributed by atoms with Gasteiger partial charge in [-0.2, -0.15) is 0 Å². The number of benzene rings is 1. The number of hydrogen-bond donors (Lipinski definition) is 1. The van der Waals surface area contributed by atoms with E-state index in [2.05, 4.69) is 31.0 Å². The number of nitrogens with zero attached hydrogens (tertiary/aromatic N) is 2. The molecule has 2 amide bonds. The second-order valence-corrected chi connectivity index (χ2v) is 5.92. The van der Waals surface area contributed by atoms with Gasteiger partial charge in [0.05, 0.1) is 0 Å². The first kappa shape index (κ1) is 16.5. The van der Waals surface area contributed by atoms with Crippen molar-refractivity contribution in [2.24, 2.45) is 0 Å². The van der Waals surface area contributed by atoms with E-state index in [0.29, 0.717) is 19.0 Å². The Morgan fingerprint density at radius 3 is 2.36 bits per heavy atom. The Morgan fingerprint density at radius 2 is 1.77 bits per heavy atom. The number of piperazine rings is 1. The fraction of sp³-hybridized carbons (Fsp3) is 0.529. The third kappa shape index (κ3) is 3.85. The number of nitrogens with one attached hydrogen (secondary N) is 1. The Morgan fingerprint density at radius 1 is 1.14 bits per heavy atom. The molecule has 1 N–H and O–H groups in total. The van der Waals surface area contributed by atoms with Crippen LogP contribution < -0.4 is 5.32 Å². The van der Waals surface area contributed by atoms with E-state index in [9.17, 15) is 9.59 Å². The average Bonchev–Trinajstić information content (AvgIpc) is 2.54. The predicted octanol–water partition coefficient (Wildman–Crippen LogP) is 1.91. The van der Waals surface area contributed by atoms with Crippen molar-refractivity contribution in [1.82, 2.24) is 9.80 Å². The summed E-state index contributed by atoms with van der Waals surface area (Å²) in [4.78, 5) is 28.4. The Labute approximate surface area is 132 Å². The van der Waals surface area contributed by atoms with Gasteiger partial charge in [0.15, 0.2) is 0 Å². The largest absolute Gasteiger partial charge is 0.332 e. The fourth-order valence-corrected chi connectivity index (χ4v) is 2.70. The second-order valence-electron chi connectivity index (χ2n) is 5.92. The molecule has 1 fully saturated rings. The van der Waals surface area contributed by atoms with Crippen molar-refractivity contribution in [3.63, 3.8) is 0 Å². The molecule has 1 aliphatic rings. The van der Waals surface area contributed by atoms with E-state index in [1.807, 2.05) is 24.3 Å². The number of rotatable bonds is 3. The smallest absolute Gasteiger partial charge is 0.313 e. The van der Waals surface area contributed by atoms with E-state index >= 15 is 0 Å². The summed E-state index contributed by atoms with van der Waals surface area (Å²) in [7, 11) is 0. The first-order chi connectivity index (χ1) is 10.5. The molecule has 1 aromatic rings. The summed E-state index contributed by atoms with van der Waals surface area (Å²) in [6.07, 6.45) is 0. The minimum Gasteiger partial charge on any atom is -0.332 e. The third-order valence-corrected chi connectivity index (χ3v) is 4.13. The monoisotopic (exact) mass is 303 g/mol. The van der Waals surface area contributed by atoms with Crippen molar-refractivity contribution in [1.29, 1.82) is 0 Å². The normalized spacial score (nSPS) is 15.9. The predicted molar refractivity (Wildman–Crippen MR) is 87.9 cm³/mol. The SMILES string of the molecule is CCN1CCN(C(=O)C(=O)Nc2ccccc2C(C)C)CC1. The minimum absolute atomic E-state index is 0.291. The van der Waals surface area contributed by atoms with Gasteiger partial charge in [0.1, 0.15) is 0 Å². The minimum atomic E-state index is -0.543. The van der Waals surface area contributed by atoms with Gasteiger partial charge in [-0.05, 0) is 24.1 Å². The lowest BCUT2D eigenvalue weighted by atomic mass is 10.0. The Hall–Kier alpha value is -1.88. The van der Waals surface area contributed by atoms with Crippen LogP contribution in [0.2, 0.25) is 0 Å². The molecular weight excluding hydrogens is 278 g/mol. The summed E-state index contributed by atoms with van der Waals surface area (Å²) in [6.45, 7) is 10.1. The number of carbonyl (C=O) groups excluding carboxylic acids is 2. The zero-order valence-corrected chi connectivity index (χ0v) is 13.6. The van der Waals surface area contributed by atoms with Crippen molar-refractivity contribution >= 4 is 17.5 Å². The van der Waals surface area contributed by atoms with E-state index in [4.69, 9.17) is 0 Å². The standard InChI is InChI=1S/C17H25N3O2/c1-4-19-9-11-20(12-10-19)17(22)16(21)18-15-8-6-5-7-14(15)13(2)3/h5-8,13H,4,9-12H2,1-3H3,(H,18,21). The lowest BCUT2D eigenvalue weighted by Gasteiger charge is -2.33. The summed E-state index contributed by atoms with van der Waals surface area (Å²) in [5.74, 6) is -0.688. The molecule has 1 aliphatic heterocycles. The van der Waals surface area contributed by atoms with Gasteiger partial charge < -0.3 is 15.1 Å².